The fourth-order valence-electron chi connectivity index (χ4n) is 4.16. The number of nitrogens with zero attached hydrogens (tertiary/aromatic N) is 1. The van der Waals surface area contributed by atoms with Crippen LogP contribution in [-0.2, 0) is 17.6 Å². The second-order valence-electron chi connectivity index (χ2n) is 6.73. The third-order valence-corrected chi connectivity index (χ3v) is 5.48. The van der Waals surface area contributed by atoms with Gasteiger partial charge in [-0.25, -0.2) is 0 Å². The SMILES string of the molecule is COc1cc2c(cc1OC)C1c3cc(OC)c(OC)cc3CC(=O)N1CC2. The smallest absolute Gasteiger partial charge is 0.227 e. The molecular formula is C21H23NO5. The van der Waals surface area contributed by atoms with Gasteiger partial charge in [0.1, 0.15) is 0 Å². The van der Waals surface area contributed by atoms with Crippen molar-refractivity contribution in [2.45, 2.75) is 18.9 Å². The lowest BCUT2D eigenvalue weighted by Gasteiger charge is -2.42. The minimum Gasteiger partial charge on any atom is -0.493 e. The molecule has 1 atom stereocenters. The van der Waals surface area contributed by atoms with Crippen molar-refractivity contribution in [3.05, 3.63) is 46.5 Å². The number of hydrogen-bond acceptors (Lipinski definition) is 5. The Labute approximate surface area is 158 Å². The molecule has 0 radical (unpaired) electrons. The zero-order valence-electron chi connectivity index (χ0n) is 16.0. The van der Waals surface area contributed by atoms with E-state index >= 15 is 0 Å². The highest BCUT2D eigenvalue weighted by Gasteiger charge is 2.38. The van der Waals surface area contributed by atoms with Crippen molar-refractivity contribution in [2.24, 2.45) is 0 Å². The Morgan fingerprint density at radius 1 is 0.778 bits per heavy atom. The Kier molecular flexibility index (Phi) is 4.34. The van der Waals surface area contributed by atoms with Gasteiger partial charge >= 0.3 is 0 Å². The highest BCUT2D eigenvalue weighted by molar-refractivity contribution is 5.83. The van der Waals surface area contributed by atoms with E-state index in [1.165, 1.54) is 5.56 Å². The summed E-state index contributed by atoms with van der Waals surface area (Å²) in [5, 5.41) is 0. The van der Waals surface area contributed by atoms with Gasteiger partial charge < -0.3 is 23.8 Å². The quantitative estimate of drug-likeness (QED) is 0.829. The van der Waals surface area contributed by atoms with E-state index < -0.39 is 0 Å². The molecule has 142 valence electrons. The first kappa shape index (κ1) is 17.5. The van der Waals surface area contributed by atoms with E-state index in [9.17, 15) is 4.79 Å². The molecule has 0 fully saturated rings. The molecule has 0 bridgehead atoms. The van der Waals surface area contributed by atoms with Crippen LogP contribution in [0.3, 0.4) is 0 Å². The summed E-state index contributed by atoms with van der Waals surface area (Å²) in [6.45, 7) is 0.680. The maximum atomic E-state index is 12.8. The standard InChI is InChI=1S/C21H23NO5/c1-24-16-7-12-5-6-22-20(23)9-13-8-17(25-2)19(27-4)11-15(13)21(22)14(12)10-18(16)26-3/h7-8,10-11,21H,5-6,9H2,1-4H3. The predicted molar refractivity (Wildman–Crippen MR) is 100 cm³/mol. The molecule has 0 aliphatic carbocycles. The van der Waals surface area contributed by atoms with Gasteiger partial charge in [0, 0.05) is 6.54 Å². The van der Waals surface area contributed by atoms with E-state index in [1.807, 2.05) is 29.2 Å². The molecule has 0 aromatic heterocycles. The first-order chi connectivity index (χ1) is 13.1. The normalized spacial score (nSPS) is 17.6. The first-order valence-electron chi connectivity index (χ1n) is 8.90. The molecule has 2 aliphatic rings. The Morgan fingerprint density at radius 3 is 1.81 bits per heavy atom. The lowest BCUT2D eigenvalue weighted by atomic mass is 9.82. The van der Waals surface area contributed by atoms with Gasteiger partial charge in [0.25, 0.3) is 0 Å². The van der Waals surface area contributed by atoms with E-state index in [0.717, 1.165) is 23.1 Å². The second-order valence-corrected chi connectivity index (χ2v) is 6.73. The van der Waals surface area contributed by atoms with Crippen LogP contribution in [0.5, 0.6) is 23.0 Å². The zero-order valence-corrected chi connectivity index (χ0v) is 16.0. The molecule has 1 unspecified atom stereocenters. The molecule has 6 nitrogen and oxygen atoms in total. The third kappa shape index (κ3) is 2.67. The molecule has 27 heavy (non-hydrogen) atoms. The molecule has 2 heterocycles. The van der Waals surface area contributed by atoms with Crippen molar-refractivity contribution >= 4 is 5.91 Å². The molecular weight excluding hydrogens is 346 g/mol. The monoisotopic (exact) mass is 369 g/mol. The topological polar surface area (TPSA) is 57.2 Å². The number of hydrogen-bond donors (Lipinski definition) is 0. The minimum absolute atomic E-state index is 0.125. The van der Waals surface area contributed by atoms with Gasteiger partial charge in [-0.1, -0.05) is 0 Å². The van der Waals surface area contributed by atoms with Crippen LogP contribution in [0.2, 0.25) is 0 Å². The third-order valence-electron chi connectivity index (χ3n) is 5.48. The van der Waals surface area contributed by atoms with Gasteiger partial charge in [-0.2, -0.15) is 0 Å². The highest BCUT2D eigenvalue weighted by Crippen LogP contribution is 2.46. The average molecular weight is 369 g/mol. The molecule has 0 N–H and O–H groups in total. The Balaban J connectivity index is 1.93. The Morgan fingerprint density at radius 2 is 1.26 bits per heavy atom. The lowest BCUT2D eigenvalue weighted by Crippen LogP contribution is -2.44. The van der Waals surface area contributed by atoms with Crippen molar-refractivity contribution in [1.82, 2.24) is 4.90 Å². The maximum Gasteiger partial charge on any atom is 0.227 e. The summed E-state index contributed by atoms with van der Waals surface area (Å²) in [4.78, 5) is 14.8. The largest absolute Gasteiger partial charge is 0.493 e. The zero-order chi connectivity index (χ0) is 19.1. The van der Waals surface area contributed by atoms with Crippen LogP contribution < -0.4 is 18.9 Å². The van der Waals surface area contributed by atoms with Crippen LogP contribution in [0.25, 0.3) is 0 Å². The number of benzene rings is 2. The van der Waals surface area contributed by atoms with E-state index in [0.29, 0.717) is 36.0 Å². The van der Waals surface area contributed by atoms with Gasteiger partial charge in [-0.15, -0.1) is 0 Å². The molecule has 4 rings (SSSR count). The minimum atomic E-state index is -0.162. The fraction of sp³-hybridized carbons (Fsp3) is 0.381. The summed E-state index contributed by atoms with van der Waals surface area (Å²) >= 11 is 0. The van der Waals surface area contributed by atoms with Crippen molar-refractivity contribution in [2.75, 3.05) is 35.0 Å². The summed E-state index contributed by atoms with van der Waals surface area (Å²) in [7, 11) is 6.49. The van der Waals surface area contributed by atoms with Gasteiger partial charge in [-0.3, -0.25) is 4.79 Å². The molecule has 1 amide bonds. The van der Waals surface area contributed by atoms with E-state index in [1.54, 1.807) is 28.4 Å². The summed E-state index contributed by atoms with van der Waals surface area (Å²) in [5.41, 5.74) is 4.28. The average Bonchev–Trinajstić information content (AvgIpc) is 2.71. The molecule has 2 aliphatic heterocycles. The van der Waals surface area contributed by atoms with E-state index in [-0.39, 0.29) is 11.9 Å². The summed E-state index contributed by atoms with van der Waals surface area (Å²) in [6, 6.07) is 7.75. The van der Waals surface area contributed by atoms with Crippen LogP contribution in [0.4, 0.5) is 0 Å². The Hall–Kier alpha value is -2.89. The number of amides is 1. The number of carbonyl (C=O) groups is 1. The number of carbonyl (C=O) groups excluding carboxylic acids is 1. The summed E-state index contributed by atoms with van der Waals surface area (Å²) in [6.07, 6.45) is 1.16. The summed E-state index contributed by atoms with van der Waals surface area (Å²) < 4.78 is 21.9. The lowest BCUT2D eigenvalue weighted by molar-refractivity contribution is -0.133. The van der Waals surface area contributed by atoms with Crippen molar-refractivity contribution in [3.63, 3.8) is 0 Å². The van der Waals surface area contributed by atoms with Crippen LogP contribution in [-0.4, -0.2) is 45.8 Å². The predicted octanol–water partition coefficient (Wildman–Crippen LogP) is 2.75. The molecule has 6 heteroatoms. The van der Waals surface area contributed by atoms with Crippen LogP contribution >= 0.6 is 0 Å². The van der Waals surface area contributed by atoms with Gasteiger partial charge in [0.05, 0.1) is 40.9 Å². The van der Waals surface area contributed by atoms with Crippen molar-refractivity contribution in [1.29, 1.82) is 0 Å². The van der Waals surface area contributed by atoms with Crippen LogP contribution in [0.15, 0.2) is 24.3 Å². The highest BCUT2D eigenvalue weighted by atomic mass is 16.5. The first-order valence-corrected chi connectivity index (χ1v) is 8.90. The molecule has 2 aromatic rings. The molecule has 2 aromatic carbocycles. The summed E-state index contributed by atoms with van der Waals surface area (Å²) in [5.74, 6) is 2.80. The molecule has 0 spiro atoms. The Bertz CT molecular complexity index is 908. The number of fused-ring (bicyclic) bond motifs is 5. The number of ether oxygens (including phenoxy) is 4. The maximum absolute atomic E-state index is 12.8. The van der Waals surface area contributed by atoms with Gasteiger partial charge in [0.2, 0.25) is 5.91 Å². The van der Waals surface area contributed by atoms with Gasteiger partial charge in [-0.05, 0) is 52.9 Å². The van der Waals surface area contributed by atoms with Crippen molar-refractivity contribution < 1.29 is 23.7 Å². The molecule has 0 saturated heterocycles. The molecule has 0 saturated carbocycles. The van der Waals surface area contributed by atoms with Crippen molar-refractivity contribution in [3.8, 4) is 23.0 Å². The van der Waals surface area contributed by atoms with E-state index in [2.05, 4.69) is 0 Å². The fourth-order valence-corrected chi connectivity index (χ4v) is 4.16. The van der Waals surface area contributed by atoms with Crippen LogP contribution in [0, 0.1) is 0 Å². The van der Waals surface area contributed by atoms with E-state index in [4.69, 9.17) is 18.9 Å². The van der Waals surface area contributed by atoms with Crippen LogP contribution in [0.1, 0.15) is 28.3 Å². The number of methoxy groups -OCH3 is 4. The number of rotatable bonds is 4. The van der Waals surface area contributed by atoms with Gasteiger partial charge in [0.15, 0.2) is 23.0 Å². The second kappa shape index (κ2) is 6.68.